The van der Waals surface area contributed by atoms with Crippen LogP contribution in [-0.4, -0.2) is 48.5 Å². The van der Waals surface area contributed by atoms with Gasteiger partial charge in [-0.3, -0.25) is 19.5 Å². The minimum atomic E-state index is -1.11. The number of anilines is 1. The summed E-state index contributed by atoms with van der Waals surface area (Å²) in [5.74, 6) is -1.54. The van der Waals surface area contributed by atoms with Crippen molar-refractivity contribution >= 4 is 34.9 Å². The van der Waals surface area contributed by atoms with E-state index in [2.05, 4.69) is 4.99 Å². The molecule has 0 bridgehead atoms. The van der Waals surface area contributed by atoms with Gasteiger partial charge in [0.15, 0.2) is 6.04 Å². The van der Waals surface area contributed by atoms with E-state index in [1.165, 1.54) is 12.0 Å². The van der Waals surface area contributed by atoms with E-state index < -0.39 is 30.6 Å². The first-order chi connectivity index (χ1) is 12.9. The average molecular weight is 387 g/mol. The van der Waals surface area contributed by atoms with Crippen LogP contribution in [-0.2, 0) is 14.3 Å². The molecule has 1 unspecified atom stereocenters. The van der Waals surface area contributed by atoms with Gasteiger partial charge in [-0.2, -0.15) is 0 Å². The molecule has 2 aromatic rings. The molecule has 1 amide bonds. The van der Waals surface area contributed by atoms with E-state index in [-0.39, 0.29) is 0 Å². The van der Waals surface area contributed by atoms with Crippen LogP contribution in [0.2, 0.25) is 5.02 Å². The maximum atomic E-state index is 13.1. The van der Waals surface area contributed by atoms with Crippen LogP contribution in [0.1, 0.15) is 18.1 Å². The number of carbonyl (C=O) groups is 2. The number of fused-ring (bicyclic) bond motifs is 1. The lowest BCUT2D eigenvalue weighted by atomic mass is 10.00. The summed E-state index contributed by atoms with van der Waals surface area (Å²) in [4.78, 5) is 30.5. The van der Waals surface area contributed by atoms with Gasteiger partial charge in [0, 0.05) is 23.3 Å². The third-order valence-electron chi connectivity index (χ3n) is 4.45. The molecule has 1 heterocycles. The highest BCUT2D eigenvalue weighted by Crippen LogP contribution is 2.31. The number of ether oxygens (including phenoxy) is 1. The van der Waals surface area contributed by atoms with Crippen molar-refractivity contribution in [3.8, 4) is 0 Å². The molecule has 1 aliphatic rings. The summed E-state index contributed by atoms with van der Waals surface area (Å²) in [6.45, 7) is 1.26. The van der Waals surface area contributed by atoms with Crippen LogP contribution in [0.15, 0.2) is 53.5 Å². The molecule has 0 saturated heterocycles. The van der Waals surface area contributed by atoms with Crippen LogP contribution in [0.5, 0.6) is 0 Å². The lowest BCUT2D eigenvalue weighted by molar-refractivity contribution is -0.137. The molecular formula is C20H19ClN2O4. The van der Waals surface area contributed by atoms with E-state index in [0.717, 1.165) is 5.56 Å². The van der Waals surface area contributed by atoms with Gasteiger partial charge in [0.05, 0.1) is 17.5 Å². The number of hydrogen-bond donors (Lipinski definition) is 1. The summed E-state index contributed by atoms with van der Waals surface area (Å²) >= 11 is 6.20. The quantitative estimate of drug-likeness (QED) is 0.856. The molecule has 0 aliphatic carbocycles. The zero-order valence-electron chi connectivity index (χ0n) is 14.9. The smallest absolute Gasteiger partial charge is 0.323 e. The first kappa shape index (κ1) is 19.1. The fourth-order valence-electron chi connectivity index (χ4n) is 3.03. The summed E-state index contributed by atoms with van der Waals surface area (Å²) in [6, 6.07) is 13.5. The Labute approximate surface area is 162 Å². The standard InChI is InChI=1S/C20H19ClN2O4/c1-12(27-2)18-20(26)23(11-17(24)25)16-9-8-14(21)10-15(16)19(22-18)13-6-4-3-5-7-13/h3-10,12,18H,11H2,1-2H3,(H,24,25)/t12?,18-/m0/s1. The number of aliphatic carboxylic acids is 1. The van der Waals surface area contributed by atoms with Gasteiger partial charge in [-0.25, -0.2) is 0 Å². The summed E-state index contributed by atoms with van der Waals surface area (Å²) in [6.07, 6.45) is -0.530. The summed E-state index contributed by atoms with van der Waals surface area (Å²) in [5, 5.41) is 9.80. The Morgan fingerprint density at radius 1 is 1.30 bits per heavy atom. The highest BCUT2D eigenvalue weighted by atomic mass is 35.5. The first-order valence-corrected chi connectivity index (χ1v) is 8.79. The molecule has 27 heavy (non-hydrogen) atoms. The minimum absolute atomic E-state index is 0.429. The summed E-state index contributed by atoms with van der Waals surface area (Å²) < 4.78 is 5.35. The Morgan fingerprint density at radius 3 is 2.63 bits per heavy atom. The first-order valence-electron chi connectivity index (χ1n) is 8.41. The van der Waals surface area contributed by atoms with Crippen molar-refractivity contribution in [2.24, 2.45) is 4.99 Å². The third kappa shape index (κ3) is 3.86. The van der Waals surface area contributed by atoms with Gasteiger partial charge in [0.2, 0.25) is 0 Å². The lowest BCUT2D eigenvalue weighted by Gasteiger charge is -2.25. The van der Waals surface area contributed by atoms with Crippen molar-refractivity contribution in [3.63, 3.8) is 0 Å². The summed E-state index contributed by atoms with van der Waals surface area (Å²) in [5.41, 5.74) is 2.44. The van der Waals surface area contributed by atoms with E-state index in [9.17, 15) is 14.7 Å². The summed E-state index contributed by atoms with van der Waals surface area (Å²) in [7, 11) is 1.49. The molecule has 6 nitrogen and oxygen atoms in total. The van der Waals surface area contributed by atoms with Crippen LogP contribution in [0, 0.1) is 0 Å². The van der Waals surface area contributed by atoms with Gasteiger partial charge in [-0.1, -0.05) is 41.9 Å². The molecule has 0 spiro atoms. The fraction of sp³-hybridized carbons (Fsp3) is 0.250. The number of benzodiazepines with no additional fused rings is 1. The maximum Gasteiger partial charge on any atom is 0.323 e. The molecule has 0 aromatic heterocycles. The van der Waals surface area contributed by atoms with E-state index >= 15 is 0 Å². The van der Waals surface area contributed by atoms with E-state index in [0.29, 0.717) is 22.0 Å². The SMILES string of the molecule is COC(C)[C@@H]1N=C(c2ccccc2)c2cc(Cl)ccc2N(CC(=O)O)C1=O. The number of methoxy groups -OCH3 is 1. The Balaban J connectivity index is 2.27. The number of halogens is 1. The number of benzene rings is 2. The molecule has 0 fully saturated rings. The maximum absolute atomic E-state index is 13.1. The normalized spacial score (nSPS) is 17.7. The Hall–Kier alpha value is -2.70. The van der Waals surface area contributed by atoms with Crippen molar-refractivity contribution in [3.05, 3.63) is 64.7 Å². The molecule has 2 atom stereocenters. The van der Waals surface area contributed by atoms with Crippen molar-refractivity contribution in [1.29, 1.82) is 0 Å². The van der Waals surface area contributed by atoms with Crippen LogP contribution in [0.4, 0.5) is 5.69 Å². The van der Waals surface area contributed by atoms with Gasteiger partial charge in [0.25, 0.3) is 5.91 Å². The molecule has 140 valence electrons. The van der Waals surface area contributed by atoms with Crippen LogP contribution >= 0.6 is 11.6 Å². The molecular weight excluding hydrogens is 368 g/mol. The number of aliphatic imine (C=N–C) groups is 1. The lowest BCUT2D eigenvalue weighted by Crippen LogP contribution is -2.45. The number of rotatable bonds is 5. The monoisotopic (exact) mass is 386 g/mol. The van der Waals surface area contributed by atoms with Gasteiger partial charge < -0.3 is 9.84 Å². The van der Waals surface area contributed by atoms with Gasteiger partial charge >= 0.3 is 5.97 Å². The predicted molar refractivity (Wildman–Crippen MR) is 104 cm³/mol. The molecule has 0 radical (unpaired) electrons. The zero-order valence-corrected chi connectivity index (χ0v) is 15.7. The largest absolute Gasteiger partial charge is 0.480 e. The van der Waals surface area contributed by atoms with Crippen molar-refractivity contribution < 1.29 is 19.4 Å². The molecule has 1 N–H and O–H groups in total. The van der Waals surface area contributed by atoms with E-state index in [1.807, 2.05) is 30.3 Å². The Bertz CT molecular complexity index is 898. The highest BCUT2D eigenvalue weighted by Gasteiger charge is 2.36. The van der Waals surface area contributed by atoms with Crippen LogP contribution < -0.4 is 4.90 Å². The number of nitrogens with zero attached hydrogens (tertiary/aromatic N) is 2. The Kier molecular flexibility index (Phi) is 5.58. The van der Waals surface area contributed by atoms with Crippen LogP contribution in [0.25, 0.3) is 0 Å². The number of carboxylic acids is 1. The van der Waals surface area contributed by atoms with Crippen LogP contribution in [0.3, 0.4) is 0 Å². The minimum Gasteiger partial charge on any atom is -0.480 e. The average Bonchev–Trinajstić information content (AvgIpc) is 2.77. The number of hydrogen-bond acceptors (Lipinski definition) is 4. The van der Waals surface area contributed by atoms with Gasteiger partial charge in [-0.15, -0.1) is 0 Å². The second kappa shape index (κ2) is 7.90. The number of carboxylic acid groups (broad SMARTS) is 1. The molecule has 7 heteroatoms. The zero-order chi connectivity index (χ0) is 19.6. The van der Waals surface area contributed by atoms with E-state index in [1.54, 1.807) is 25.1 Å². The third-order valence-corrected chi connectivity index (χ3v) is 4.68. The second-order valence-corrected chi connectivity index (χ2v) is 6.65. The number of carbonyl (C=O) groups excluding carboxylic acids is 1. The van der Waals surface area contributed by atoms with Crippen molar-refractivity contribution in [1.82, 2.24) is 0 Å². The van der Waals surface area contributed by atoms with Gasteiger partial charge in [0.1, 0.15) is 6.54 Å². The van der Waals surface area contributed by atoms with Gasteiger partial charge in [-0.05, 0) is 25.1 Å². The molecule has 3 rings (SSSR count). The highest BCUT2D eigenvalue weighted by molar-refractivity contribution is 6.32. The molecule has 1 aliphatic heterocycles. The molecule has 2 aromatic carbocycles. The second-order valence-electron chi connectivity index (χ2n) is 6.21. The van der Waals surface area contributed by atoms with Crippen molar-refractivity contribution in [2.45, 2.75) is 19.1 Å². The van der Waals surface area contributed by atoms with E-state index in [4.69, 9.17) is 16.3 Å². The Morgan fingerprint density at radius 2 is 2.00 bits per heavy atom. The fourth-order valence-corrected chi connectivity index (χ4v) is 3.21. The number of amides is 1. The molecule has 0 saturated carbocycles. The topological polar surface area (TPSA) is 79.2 Å². The predicted octanol–water partition coefficient (Wildman–Crippen LogP) is 3.01. The van der Waals surface area contributed by atoms with Crippen molar-refractivity contribution in [2.75, 3.05) is 18.6 Å².